The second-order valence-corrected chi connectivity index (χ2v) is 8.18. The van der Waals surface area contributed by atoms with Crippen LogP contribution in [0.5, 0.6) is 5.75 Å². The SMILES string of the molecule is CN(C)C(=O)C[C@H]1CN2C[C@H](n3ccnc3-c3ccc(O)c(Cl)c3)C[C@H]2CO1. The molecule has 3 heterocycles. The lowest BCUT2D eigenvalue weighted by Gasteiger charge is -2.35. The number of hydrogen-bond acceptors (Lipinski definition) is 5. The van der Waals surface area contributed by atoms with E-state index in [1.807, 2.05) is 12.3 Å². The van der Waals surface area contributed by atoms with Gasteiger partial charge in [-0.1, -0.05) is 11.6 Å². The summed E-state index contributed by atoms with van der Waals surface area (Å²) in [5.74, 6) is 1.00. The Morgan fingerprint density at radius 3 is 2.93 bits per heavy atom. The fraction of sp³-hybridized carbons (Fsp3) is 0.500. The number of phenols is 1. The van der Waals surface area contributed by atoms with Crippen molar-refractivity contribution in [2.45, 2.75) is 31.0 Å². The maximum absolute atomic E-state index is 12.0. The molecule has 0 saturated carbocycles. The highest BCUT2D eigenvalue weighted by molar-refractivity contribution is 6.32. The van der Waals surface area contributed by atoms with Crippen LogP contribution in [0.4, 0.5) is 0 Å². The first-order valence-electron chi connectivity index (χ1n) is 9.50. The Hall–Kier alpha value is -2.09. The lowest BCUT2D eigenvalue weighted by Crippen LogP contribution is -2.47. The molecule has 7 nitrogen and oxygen atoms in total. The predicted molar refractivity (Wildman–Crippen MR) is 106 cm³/mol. The van der Waals surface area contributed by atoms with Gasteiger partial charge in [0.05, 0.1) is 24.2 Å². The van der Waals surface area contributed by atoms with Gasteiger partial charge in [-0.3, -0.25) is 9.69 Å². The summed E-state index contributed by atoms with van der Waals surface area (Å²) < 4.78 is 8.14. The molecule has 150 valence electrons. The third-order valence-corrected chi connectivity index (χ3v) is 5.94. The number of amides is 1. The average molecular weight is 405 g/mol. The van der Waals surface area contributed by atoms with Gasteiger partial charge in [0, 0.05) is 57.2 Å². The maximum atomic E-state index is 12.0. The highest BCUT2D eigenvalue weighted by Gasteiger charge is 2.39. The van der Waals surface area contributed by atoms with Crippen molar-refractivity contribution in [1.82, 2.24) is 19.4 Å². The lowest BCUT2D eigenvalue weighted by atomic mass is 10.1. The molecule has 28 heavy (non-hydrogen) atoms. The number of morpholine rings is 1. The Kier molecular flexibility index (Phi) is 5.31. The maximum Gasteiger partial charge on any atom is 0.224 e. The zero-order chi connectivity index (χ0) is 19.8. The number of rotatable bonds is 4. The van der Waals surface area contributed by atoms with Crippen LogP contribution < -0.4 is 0 Å². The zero-order valence-electron chi connectivity index (χ0n) is 16.1. The van der Waals surface area contributed by atoms with Crippen molar-refractivity contribution < 1.29 is 14.6 Å². The van der Waals surface area contributed by atoms with Crippen molar-refractivity contribution >= 4 is 17.5 Å². The van der Waals surface area contributed by atoms with E-state index >= 15 is 0 Å². The number of aromatic hydroxyl groups is 1. The summed E-state index contributed by atoms with van der Waals surface area (Å²) in [6.07, 6.45) is 5.13. The number of imidazole rings is 1. The van der Waals surface area contributed by atoms with Crippen LogP contribution in [-0.2, 0) is 9.53 Å². The largest absolute Gasteiger partial charge is 0.506 e. The zero-order valence-corrected chi connectivity index (χ0v) is 16.8. The number of phenolic OH excluding ortho intramolecular Hbond substituents is 1. The molecule has 4 rings (SSSR count). The molecule has 0 radical (unpaired) electrons. The third kappa shape index (κ3) is 3.74. The molecule has 0 unspecified atom stereocenters. The van der Waals surface area contributed by atoms with Gasteiger partial charge >= 0.3 is 0 Å². The van der Waals surface area contributed by atoms with Gasteiger partial charge in [0.15, 0.2) is 0 Å². The van der Waals surface area contributed by atoms with E-state index in [1.165, 1.54) is 0 Å². The molecule has 2 saturated heterocycles. The van der Waals surface area contributed by atoms with Gasteiger partial charge in [0.1, 0.15) is 11.6 Å². The standard InChI is InChI=1S/C20H25ClN4O3/c1-23(2)19(27)9-16-11-24-10-14(8-15(24)12-28-16)25-6-5-22-20(25)13-3-4-18(26)17(21)7-13/h3-7,14-16,26H,8-12H2,1-2H3/t14-,15+,16+/m1/s1. The van der Waals surface area contributed by atoms with Crippen LogP contribution in [0.2, 0.25) is 5.02 Å². The van der Waals surface area contributed by atoms with Crippen molar-refractivity contribution in [1.29, 1.82) is 0 Å². The Morgan fingerprint density at radius 1 is 1.36 bits per heavy atom. The third-order valence-electron chi connectivity index (χ3n) is 5.64. The van der Waals surface area contributed by atoms with Crippen LogP contribution >= 0.6 is 11.6 Å². The fourth-order valence-corrected chi connectivity index (χ4v) is 4.28. The number of fused-ring (bicyclic) bond motifs is 1. The van der Waals surface area contributed by atoms with E-state index in [0.717, 1.165) is 30.9 Å². The first kappa shape index (κ1) is 19.2. The fourth-order valence-electron chi connectivity index (χ4n) is 4.10. The van der Waals surface area contributed by atoms with E-state index in [2.05, 4.69) is 14.5 Å². The van der Waals surface area contributed by atoms with Crippen molar-refractivity contribution in [2.24, 2.45) is 0 Å². The van der Waals surface area contributed by atoms with Crippen LogP contribution in [0.1, 0.15) is 18.9 Å². The van der Waals surface area contributed by atoms with Gasteiger partial charge in [-0.2, -0.15) is 0 Å². The Labute approximate surface area is 169 Å². The summed E-state index contributed by atoms with van der Waals surface area (Å²) in [5, 5.41) is 9.99. The molecule has 0 bridgehead atoms. The highest BCUT2D eigenvalue weighted by Crippen LogP contribution is 2.35. The molecule has 2 aromatic rings. The normalized spacial score (nSPS) is 24.9. The first-order chi connectivity index (χ1) is 13.4. The van der Waals surface area contributed by atoms with Crippen molar-refractivity contribution in [2.75, 3.05) is 33.8 Å². The minimum absolute atomic E-state index is 0.0527. The van der Waals surface area contributed by atoms with Crippen LogP contribution in [0.3, 0.4) is 0 Å². The van der Waals surface area contributed by atoms with Gasteiger partial charge in [-0.05, 0) is 24.6 Å². The molecule has 1 N–H and O–H groups in total. The first-order valence-corrected chi connectivity index (χ1v) is 9.87. The number of aromatic nitrogens is 2. The number of hydrogen-bond donors (Lipinski definition) is 1. The minimum atomic E-state index is -0.0527. The smallest absolute Gasteiger partial charge is 0.224 e. The number of ether oxygens (including phenoxy) is 1. The van der Waals surface area contributed by atoms with Crippen LogP contribution in [0.15, 0.2) is 30.6 Å². The monoisotopic (exact) mass is 404 g/mol. The molecule has 0 aliphatic carbocycles. The summed E-state index contributed by atoms with van der Waals surface area (Å²) >= 11 is 6.08. The van der Waals surface area contributed by atoms with Crippen LogP contribution in [0, 0.1) is 0 Å². The molecule has 0 spiro atoms. The van der Waals surface area contributed by atoms with Gasteiger partial charge in [-0.15, -0.1) is 0 Å². The van der Waals surface area contributed by atoms with Gasteiger partial charge in [0.25, 0.3) is 0 Å². The van der Waals surface area contributed by atoms with Gasteiger partial charge in [0.2, 0.25) is 5.91 Å². The van der Waals surface area contributed by atoms with Gasteiger partial charge < -0.3 is 19.3 Å². The van der Waals surface area contributed by atoms with E-state index < -0.39 is 0 Å². The van der Waals surface area contributed by atoms with Crippen molar-refractivity contribution in [3.63, 3.8) is 0 Å². The van der Waals surface area contributed by atoms with E-state index in [-0.39, 0.29) is 23.8 Å². The molecule has 3 atom stereocenters. The average Bonchev–Trinajstić information content (AvgIpc) is 3.30. The van der Waals surface area contributed by atoms with Crippen molar-refractivity contribution in [3.05, 3.63) is 35.6 Å². The number of carbonyl (C=O) groups excluding carboxylic acids is 1. The van der Waals surface area contributed by atoms with Crippen LogP contribution in [0.25, 0.3) is 11.4 Å². The summed E-state index contributed by atoms with van der Waals surface area (Å²) in [5.41, 5.74) is 0.878. The second-order valence-electron chi connectivity index (χ2n) is 7.77. The molecule has 2 aliphatic heterocycles. The molecule has 2 aliphatic rings. The number of carbonyl (C=O) groups is 1. The van der Waals surface area contributed by atoms with E-state index in [0.29, 0.717) is 24.1 Å². The van der Waals surface area contributed by atoms with Crippen molar-refractivity contribution in [3.8, 4) is 17.1 Å². The van der Waals surface area contributed by atoms with E-state index in [1.54, 1.807) is 37.3 Å². The summed E-state index contributed by atoms with van der Waals surface area (Å²) in [4.78, 5) is 20.5. The molecule has 1 aromatic heterocycles. The molecule has 2 fully saturated rings. The Balaban J connectivity index is 1.47. The highest BCUT2D eigenvalue weighted by atomic mass is 35.5. The van der Waals surface area contributed by atoms with Gasteiger partial charge in [-0.25, -0.2) is 4.98 Å². The van der Waals surface area contributed by atoms with E-state index in [4.69, 9.17) is 16.3 Å². The molecular formula is C20H25ClN4O3. The Morgan fingerprint density at radius 2 is 2.18 bits per heavy atom. The molecule has 1 amide bonds. The predicted octanol–water partition coefficient (Wildman–Crippen LogP) is 2.40. The summed E-state index contributed by atoms with van der Waals surface area (Å²) in [7, 11) is 3.55. The van der Waals surface area contributed by atoms with E-state index in [9.17, 15) is 9.90 Å². The number of benzene rings is 1. The lowest BCUT2D eigenvalue weighted by molar-refractivity contribution is -0.134. The number of halogens is 1. The summed E-state index contributed by atoms with van der Waals surface area (Å²) in [6, 6.07) is 5.80. The second kappa shape index (κ2) is 7.73. The van der Waals surface area contributed by atoms with Crippen LogP contribution in [-0.4, -0.2) is 76.3 Å². The topological polar surface area (TPSA) is 70.8 Å². The number of nitrogens with zero attached hydrogens (tertiary/aromatic N) is 4. The molecule has 1 aromatic carbocycles. The summed E-state index contributed by atoms with van der Waals surface area (Å²) in [6.45, 7) is 2.32. The minimum Gasteiger partial charge on any atom is -0.506 e. The molecular weight excluding hydrogens is 380 g/mol. The molecule has 8 heteroatoms. The quantitative estimate of drug-likeness (QED) is 0.847. The Bertz CT molecular complexity index is 869.